The number of allylic oxidation sites excluding steroid dienone is 1. The predicted molar refractivity (Wildman–Crippen MR) is 86.2 cm³/mol. The fourth-order valence-electron chi connectivity index (χ4n) is 4.36. The lowest BCUT2D eigenvalue weighted by molar-refractivity contribution is -0.133. The van der Waals surface area contributed by atoms with Crippen molar-refractivity contribution in [3.8, 4) is 5.75 Å². The third kappa shape index (κ3) is 2.33. The average molecular weight is 300 g/mol. The monoisotopic (exact) mass is 300 g/mol. The minimum absolute atomic E-state index is 0.0181. The van der Waals surface area contributed by atoms with Gasteiger partial charge in [0.15, 0.2) is 0 Å². The molecule has 0 heterocycles. The molecule has 3 heteroatoms. The molecule has 0 spiro atoms. The van der Waals surface area contributed by atoms with Crippen LogP contribution >= 0.6 is 0 Å². The standard InChI is InChI=1S/C19H24O3/c1-4-11-7-13-10-19(2,3)15-6-5-12(18(21)22)9-14(15)17(13)16(20)8-11/h7-9,14-15,20H,4-6,10H2,1-3H3,(H,21,22). The summed E-state index contributed by atoms with van der Waals surface area (Å²) in [6.45, 7) is 6.62. The van der Waals surface area contributed by atoms with E-state index >= 15 is 0 Å². The summed E-state index contributed by atoms with van der Waals surface area (Å²) in [6, 6.07) is 4.03. The van der Waals surface area contributed by atoms with Gasteiger partial charge in [0.1, 0.15) is 5.75 Å². The van der Waals surface area contributed by atoms with Crippen LogP contribution in [0.15, 0.2) is 23.8 Å². The van der Waals surface area contributed by atoms with E-state index in [4.69, 9.17) is 0 Å². The number of phenols is 1. The molecule has 0 bridgehead atoms. The number of aliphatic carboxylic acids is 1. The Balaban J connectivity index is 2.17. The van der Waals surface area contributed by atoms with Crippen LogP contribution in [0.3, 0.4) is 0 Å². The first kappa shape index (κ1) is 15.1. The quantitative estimate of drug-likeness (QED) is 0.866. The van der Waals surface area contributed by atoms with Gasteiger partial charge in [-0.25, -0.2) is 4.79 Å². The van der Waals surface area contributed by atoms with Gasteiger partial charge in [-0.1, -0.05) is 32.9 Å². The van der Waals surface area contributed by atoms with Crippen LogP contribution in [0.2, 0.25) is 0 Å². The van der Waals surface area contributed by atoms with E-state index in [-0.39, 0.29) is 11.3 Å². The molecule has 0 saturated carbocycles. The highest BCUT2D eigenvalue weighted by molar-refractivity contribution is 5.87. The van der Waals surface area contributed by atoms with Gasteiger partial charge in [-0.3, -0.25) is 0 Å². The first-order chi connectivity index (χ1) is 10.3. The Morgan fingerprint density at radius 3 is 2.73 bits per heavy atom. The summed E-state index contributed by atoms with van der Waals surface area (Å²) >= 11 is 0. The fourth-order valence-corrected chi connectivity index (χ4v) is 4.36. The zero-order valence-corrected chi connectivity index (χ0v) is 13.5. The lowest BCUT2D eigenvalue weighted by Gasteiger charge is -2.46. The fraction of sp³-hybridized carbons (Fsp3) is 0.526. The van der Waals surface area contributed by atoms with Crippen molar-refractivity contribution < 1.29 is 15.0 Å². The van der Waals surface area contributed by atoms with Gasteiger partial charge in [0.25, 0.3) is 0 Å². The molecule has 0 aromatic heterocycles. The second kappa shape index (κ2) is 5.15. The molecule has 2 atom stereocenters. The van der Waals surface area contributed by atoms with Crippen molar-refractivity contribution in [1.82, 2.24) is 0 Å². The molecule has 0 radical (unpaired) electrons. The van der Waals surface area contributed by atoms with Gasteiger partial charge in [0, 0.05) is 17.1 Å². The first-order valence-corrected chi connectivity index (χ1v) is 8.12. The molecule has 0 saturated heterocycles. The van der Waals surface area contributed by atoms with Crippen LogP contribution in [0, 0.1) is 11.3 Å². The Bertz CT molecular complexity index is 655. The normalized spacial score (nSPS) is 25.9. The molecule has 0 amide bonds. The lowest BCUT2D eigenvalue weighted by atomic mass is 9.58. The summed E-state index contributed by atoms with van der Waals surface area (Å²) in [4.78, 5) is 11.4. The minimum Gasteiger partial charge on any atom is -0.508 e. The highest BCUT2D eigenvalue weighted by Gasteiger charge is 2.44. The molecule has 118 valence electrons. The molecule has 3 rings (SSSR count). The molecule has 22 heavy (non-hydrogen) atoms. The molecule has 1 aromatic carbocycles. The second-order valence-electron chi connectivity index (χ2n) is 7.37. The molecular weight excluding hydrogens is 276 g/mol. The van der Waals surface area contributed by atoms with Gasteiger partial charge < -0.3 is 10.2 Å². The summed E-state index contributed by atoms with van der Waals surface area (Å²) in [6.07, 6.45) is 5.24. The Morgan fingerprint density at radius 1 is 1.36 bits per heavy atom. The van der Waals surface area contributed by atoms with E-state index in [9.17, 15) is 15.0 Å². The van der Waals surface area contributed by atoms with Gasteiger partial charge in [-0.05, 0) is 54.2 Å². The number of aromatic hydroxyl groups is 1. The van der Waals surface area contributed by atoms with E-state index in [1.165, 1.54) is 5.56 Å². The molecule has 2 aliphatic rings. The molecule has 2 aliphatic carbocycles. The Labute approximate surface area is 131 Å². The van der Waals surface area contributed by atoms with E-state index in [0.29, 0.717) is 23.7 Å². The summed E-state index contributed by atoms with van der Waals surface area (Å²) in [7, 11) is 0. The molecule has 0 aliphatic heterocycles. The van der Waals surface area contributed by atoms with Crippen molar-refractivity contribution in [2.75, 3.05) is 0 Å². The van der Waals surface area contributed by atoms with E-state index < -0.39 is 5.97 Å². The van der Waals surface area contributed by atoms with Crippen LogP contribution in [0.1, 0.15) is 56.2 Å². The minimum atomic E-state index is -0.826. The van der Waals surface area contributed by atoms with Crippen molar-refractivity contribution in [3.63, 3.8) is 0 Å². The number of hydrogen-bond acceptors (Lipinski definition) is 2. The zero-order chi connectivity index (χ0) is 16.1. The summed E-state index contributed by atoms with van der Waals surface area (Å²) < 4.78 is 0. The molecule has 2 N–H and O–H groups in total. The maximum Gasteiger partial charge on any atom is 0.331 e. The topological polar surface area (TPSA) is 57.5 Å². The third-order valence-corrected chi connectivity index (χ3v) is 5.51. The van der Waals surface area contributed by atoms with Gasteiger partial charge in [0.05, 0.1) is 0 Å². The largest absolute Gasteiger partial charge is 0.508 e. The number of phenolic OH excluding ortho intramolecular Hbond substituents is 1. The van der Waals surface area contributed by atoms with E-state index in [2.05, 4.69) is 26.8 Å². The Kier molecular flexibility index (Phi) is 3.54. The van der Waals surface area contributed by atoms with Crippen LogP contribution in [0.5, 0.6) is 5.75 Å². The predicted octanol–water partition coefficient (Wildman–Crippen LogP) is 4.04. The Morgan fingerprint density at radius 2 is 2.09 bits per heavy atom. The highest BCUT2D eigenvalue weighted by Crippen LogP contribution is 2.54. The van der Waals surface area contributed by atoms with Crippen LogP contribution < -0.4 is 0 Å². The van der Waals surface area contributed by atoms with Crippen LogP contribution in [0.25, 0.3) is 0 Å². The maximum absolute atomic E-state index is 11.4. The zero-order valence-electron chi connectivity index (χ0n) is 13.5. The third-order valence-electron chi connectivity index (χ3n) is 5.51. The first-order valence-electron chi connectivity index (χ1n) is 8.12. The van der Waals surface area contributed by atoms with E-state index in [1.807, 2.05) is 12.1 Å². The molecule has 0 fully saturated rings. The van der Waals surface area contributed by atoms with Gasteiger partial charge in [0.2, 0.25) is 0 Å². The molecule has 3 nitrogen and oxygen atoms in total. The Hall–Kier alpha value is -1.77. The number of carboxylic acids is 1. The smallest absolute Gasteiger partial charge is 0.331 e. The lowest BCUT2D eigenvalue weighted by Crippen LogP contribution is -2.38. The van der Waals surface area contributed by atoms with Gasteiger partial charge >= 0.3 is 5.97 Å². The van der Waals surface area contributed by atoms with Crippen molar-refractivity contribution in [2.45, 2.75) is 52.4 Å². The summed E-state index contributed by atoms with van der Waals surface area (Å²) in [5.41, 5.74) is 3.90. The number of fused-ring (bicyclic) bond motifs is 3. The SMILES string of the molecule is CCc1cc(O)c2c(c1)CC(C)(C)C1CCC(C(=O)O)=CC21. The number of aryl methyl sites for hydroxylation is 1. The molecule has 2 unspecified atom stereocenters. The average Bonchev–Trinajstić information content (AvgIpc) is 2.45. The summed E-state index contributed by atoms with van der Waals surface area (Å²) in [5, 5.41) is 19.9. The second-order valence-corrected chi connectivity index (χ2v) is 7.37. The number of carbonyl (C=O) groups is 1. The molecular formula is C19H24O3. The van der Waals surface area contributed by atoms with Crippen molar-refractivity contribution in [3.05, 3.63) is 40.5 Å². The van der Waals surface area contributed by atoms with Gasteiger partial charge in [-0.15, -0.1) is 0 Å². The van der Waals surface area contributed by atoms with Gasteiger partial charge in [-0.2, -0.15) is 0 Å². The maximum atomic E-state index is 11.4. The van der Waals surface area contributed by atoms with Crippen LogP contribution in [-0.2, 0) is 17.6 Å². The van der Waals surface area contributed by atoms with Crippen LogP contribution in [-0.4, -0.2) is 16.2 Å². The number of hydrogen-bond donors (Lipinski definition) is 2. The van der Waals surface area contributed by atoms with Crippen molar-refractivity contribution in [2.24, 2.45) is 11.3 Å². The van der Waals surface area contributed by atoms with E-state index in [1.54, 1.807) is 0 Å². The number of benzene rings is 1. The number of rotatable bonds is 2. The summed E-state index contributed by atoms with van der Waals surface area (Å²) in [5.74, 6) is -0.0817. The molecule has 1 aromatic rings. The number of carboxylic acid groups (broad SMARTS) is 1. The van der Waals surface area contributed by atoms with Crippen LogP contribution in [0.4, 0.5) is 0 Å². The van der Waals surface area contributed by atoms with E-state index in [0.717, 1.165) is 30.4 Å². The van der Waals surface area contributed by atoms with Crippen molar-refractivity contribution in [1.29, 1.82) is 0 Å². The van der Waals surface area contributed by atoms with Crippen molar-refractivity contribution >= 4 is 5.97 Å². The highest BCUT2D eigenvalue weighted by atomic mass is 16.4.